The maximum absolute atomic E-state index is 2.31. The molecule has 0 aliphatic carbocycles. The summed E-state index contributed by atoms with van der Waals surface area (Å²) in [5, 5.41) is 0. The van der Waals surface area contributed by atoms with Gasteiger partial charge in [-0.25, -0.2) is 0 Å². The predicted molar refractivity (Wildman–Crippen MR) is 131 cm³/mol. The van der Waals surface area contributed by atoms with Gasteiger partial charge in [0.15, 0.2) is 0 Å². The zero-order chi connectivity index (χ0) is 19.3. The van der Waals surface area contributed by atoms with Gasteiger partial charge in [-0.2, -0.15) is 0 Å². The van der Waals surface area contributed by atoms with E-state index in [9.17, 15) is 0 Å². The molecule has 146 valence electrons. The van der Waals surface area contributed by atoms with Crippen molar-refractivity contribution < 1.29 is 0 Å². The van der Waals surface area contributed by atoms with Gasteiger partial charge < -0.3 is 0 Å². The molecule has 0 aliphatic rings. The number of hydrogen-bond donors (Lipinski definition) is 0. The van der Waals surface area contributed by atoms with Crippen LogP contribution in [0.25, 0.3) is 29.3 Å². The van der Waals surface area contributed by atoms with Gasteiger partial charge in [0, 0.05) is 39.0 Å². The van der Waals surface area contributed by atoms with Gasteiger partial charge in [0.25, 0.3) is 0 Å². The van der Waals surface area contributed by atoms with Crippen molar-refractivity contribution >= 4 is 45.3 Å². The number of unbranched alkanes of at least 4 members (excludes halogenated alkanes) is 2. The average Bonchev–Trinajstić information content (AvgIpc) is 3.49. The molecule has 4 heterocycles. The molecule has 0 atom stereocenters. The fourth-order valence-electron chi connectivity index (χ4n) is 3.20. The van der Waals surface area contributed by atoms with Gasteiger partial charge in [-0.05, 0) is 74.2 Å². The minimum Gasteiger partial charge on any atom is -0.139 e. The van der Waals surface area contributed by atoms with Gasteiger partial charge in [-0.1, -0.05) is 26.7 Å². The number of hydrogen-bond acceptors (Lipinski definition) is 4. The van der Waals surface area contributed by atoms with Gasteiger partial charge in [0.1, 0.15) is 0 Å². The molecular formula is C24H26S4. The van der Waals surface area contributed by atoms with Crippen LogP contribution < -0.4 is 0 Å². The van der Waals surface area contributed by atoms with Crippen molar-refractivity contribution in [1.29, 1.82) is 0 Å². The van der Waals surface area contributed by atoms with E-state index in [1.165, 1.54) is 77.5 Å². The lowest BCUT2D eigenvalue weighted by Crippen LogP contribution is -1.76. The highest BCUT2D eigenvalue weighted by atomic mass is 32.1. The van der Waals surface area contributed by atoms with Gasteiger partial charge in [-0.3, -0.25) is 0 Å². The molecule has 0 spiro atoms. The molecule has 0 aromatic carbocycles. The summed E-state index contributed by atoms with van der Waals surface area (Å²) in [6, 6.07) is 18.4. The Morgan fingerprint density at radius 2 is 0.786 bits per heavy atom. The number of aryl methyl sites for hydroxylation is 2. The van der Waals surface area contributed by atoms with E-state index in [1.807, 2.05) is 45.3 Å². The molecule has 0 fully saturated rings. The van der Waals surface area contributed by atoms with E-state index in [0.29, 0.717) is 0 Å². The SMILES string of the molecule is CCCCc1ccc(-c2ccc(-c3ccc(-c4ccc(CCCC)s4)s3)s2)s1. The molecule has 0 nitrogen and oxygen atoms in total. The Morgan fingerprint density at radius 3 is 1.14 bits per heavy atom. The first-order valence-electron chi connectivity index (χ1n) is 10.1. The van der Waals surface area contributed by atoms with Crippen molar-refractivity contribution in [2.75, 3.05) is 0 Å². The summed E-state index contributed by atoms with van der Waals surface area (Å²) in [5.74, 6) is 0. The van der Waals surface area contributed by atoms with Crippen molar-refractivity contribution in [2.45, 2.75) is 52.4 Å². The van der Waals surface area contributed by atoms with E-state index >= 15 is 0 Å². The van der Waals surface area contributed by atoms with Crippen molar-refractivity contribution in [3.63, 3.8) is 0 Å². The lowest BCUT2D eigenvalue weighted by molar-refractivity contribution is 0.804. The van der Waals surface area contributed by atoms with Gasteiger partial charge in [0.05, 0.1) is 0 Å². The lowest BCUT2D eigenvalue weighted by atomic mass is 10.2. The molecule has 4 aromatic rings. The van der Waals surface area contributed by atoms with Crippen LogP contribution in [0.3, 0.4) is 0 Å². The summed E-state index contributed by atoms with van der Waals surface area (Å²) in [4.78, 5) is 11.4. The molecule has 4 aromatic heterocycles. The zero-order valence-corrected chi connectivity index (χ0v) is 19.8. The van der Waals surface area contributed by atoms with Gasteiger partial charge in [-0.15, -0.1) is 45.3 Å². The second-order valence-electron chi connectivity index (χ2n) is 7.07. The van der Waals surface area contributed by atoms with Gasteiger partial charge in [0.2, 0.25) is 0 Å². The quantitative estimate of drug-likeness (QED) is 0.242. The Morgan fingerprint density at radius 1 is 0.464 bits per heavy atom. The van der Waals surface area contributed by atoms with E-state index < -0.39 is 0 Å². The molecule has 4 rings (SSSR count). The van der Waals surface area contributed by atoms with E-state index in [4.69, 9.17) is 0 Å². The van der Waals surface area contributed by atoms with Crippen LogP contribution in [0.15, 0.2) is 48.5 Å². The summed E-state index contributed by atoms with van der Waals surface area (Å²) < 4.78 is 0. The molecule has 0 amide bonds. The van der Waals surface area contributed by atoms with Crippen molar-refractivity contribution in [3.8, 4) is 29.3 Å². The fraction of sp³-hybridized carbons (Fsp3) is 0.333. The Labute approximate surface area is 184 Å². The third-order valence-corrected chi connectivity index (χ3v) is 9.87. The molecule has 0 radical (unpaired) electrons. The highest BCUT2D eigenvalue weighted by molar-refractivity contribution is 7.28. The molecule has 0 saturated heterocycles. The maximum Gasteiger partial charge on any atom is 0.0449 e. The minimum atomic E-state index is 1.22. The standard InChI is InChI=1S/C24H26S4/c1-3-5-7-17-9-11-19(25-17)21-13-15-23(27-21)24-16-14-22(28-24)20-12-10-18(26-20)8-6-4-2/h9-16H,3-8H2,1-2H3. The van der Waals surface area contributed by atoms with Crippen molar-refractivity contribution in [2.24, 2.45) is 0 Å². The lowest BCUT2D eigenvalue weighted by Gasteiger charge is -1.94. The summed E-state index contributed by atoms with van der Waals surface area (Å²) >= 11 is 7.77. The molecule has 0 unspecified atom stereocenters. The fourth-order valence-corrected chi connectivity index (χ4v) is 7.58. The summed E-state index contributed by atoms with van der Waals surface area (Å²) in [6.45, 7) is 4.52. The van der Waals surface area contributed by atoms with Crippen LogP contribution >= 0.6 is 45.3 Å². The molecule has 0 aliphatic heterocycles. The minimum absolute atomic E-state index is 1.22. The third kappa shape index (κ3) is 4.68. The number of rotatable bonds is 9. The monoisotopic (exact) mass is 442 g/mol. The normalized spacial score (nSPS) is 11.4. The first-order valence-corrected chi connectivity index (χ1v) is 13.4. The maximum atomic E-state index is 2.31. The smallest absolute Gasteiger partial charge is 0.0449 e. The summed E-state index contributed by atoms with van der Waals surface area (Å²) in [6.07, 6.45) is 7.54. The Bertz CT molecular complexity index is 928. The predicted octanol–water partition coefficient (Wildman–Crippen LogP) is 9.62. The first kappa shape index (κ1) is 20.1. The highest BCUT2D eigenvalue weighted by Gasteiger charge is 2.11. The molecule has 4 heteroatoms. The van der Waals surface area contributed by atoms with Gasteiger partial charge >= 0.3 is 0 Å². The second kappa shape index (κ2) is 9.53. The van der Waals surface area contributed by atoms with E-state index in [2.05, 4.69) is 62.4 Å². The van der Waals surface area contributed by atoms with Crippen LogP contribution in [-0.4, -0.2) is 0 Å². The molecule has 28 heavy (non-hydrogen) atoms. The van der Waals surface area contributed by atoms with E-state index in [0.717, 1.165) is 0 Å². The van der Waals surface area contributed by atoms with E-state index in [-0.39, 0.29) is 0 Å². The van der Waals surface area contributed by atoms with Crippen LogP contribution in [0.4, 0.5) is 0 Å². The number of thiophene rings is 4. The van der Waals surface area contributed by atoms with Crippen molar-refractivity contribution in [1.82, 2.24) is 0 Å². The van der Waals surface area contributed by atoms with Crippen LogP contribution in [0, 0.1) is 0 Å². The Hall–Kier alpha value is -1.20. The summed E-state index contributed by atoms with van der Waals surface area (Å²) in [7, 11) is 0. The van der Waals surface area contributed by atoms with E-state index in [1.54, 1.807) is 0 Å². The molecule has 0 bridgehead atoms. The highest BCUT2D eigenvalue weighted by Crippen LogP contribution is 2.43. The third-order valence-electron chi connectivity index (χ3n) is 4.82. The van der Waals surface area contributed by atoms with Crippen LogP contribution in [0.2, 0.25) is 0 Å². The zero-order valence-electron chi connectivity index (χ0n) is 16.5. The second-order valence-corrected chi connectivity index (χ2v) is 11.6. The Balaban J connectivity index is 1.49. The first-order chi connectivity index (χ1) is 13.8. The summed E-state index contributed by atoms with van der Waals surface area (Å²) in [5.41, 5.74) is 0. The Kier molecular flexibility index (Phi) is 6.84. The molecule has 0 N–H and O–H groups in total. The van der Waals surface area contributed by atoms with Crippen molar-refractivity contribution in [3.05, 3.63) is 58.3 Å². The largest absolute Gasteiger partial charge is 0.139 e. The van der Waals surface area contributed by atoms with Crippen LogP contribution in [0.5, 0.6) is 0 Å². The average molecular weight is 443 g/mol. The van der Waals surface area contributed by atoms with Crippen LogP contribution in [-0.2, 0) is 12.8 Å². The topological polar surface area (TPSA) is 0 Å². The van der Waals surface area contributed by atoms with Crippen LogP contribution in [0.1, 0.15) is 49.3 Å². The molecule has 0 saturated carbocycles. The molecular weight excluding hydrogens is 417 g/mol.